The number of anilines is 1. The number of hydrogen-bond acceptors (Lipinski definition) is 6. The molecule has 1 atom stereocenters. The molecule has 34 heavy (non-hydrogen) atoms. The molecule has 0 aliphatic carbocycles. The Kier molecular flexibility index (Phi) is 9.22. The highest BCUT2D eigenvalue weighted by atomic mass is 16.5. The molecule has 7 heteroatoms. The van der Waals surface area contributed by atoms with Crippen LogP contribution < -0.4 is 15.4 Å². The fourth-order valence-electron chi connectivity index (χ4n) is 4.02. The second-order valence-corrected chi connectivity index (χ2v) is 8.62. The third-order valence-electron chi connectivity index (χ3n) is 6.11. The summed E-state index contributed by atoms with van der Waals surface area (Å²) < 4.78 is 5.27. The van der Waals surface area contributed by atoms with Crippen LogP contribution in [0.4, 0.5) is 5.82 Å². The number of aryl methyl sites for hydroxylation is 1. The number of methoxy groups -OCH3 is 1. The van der Waals surface area contributed by atoms with Gasteiger partial charge in [0.1, 0.15) is 11.6 Å². The summed E-state index contributed by atoms with van der Waals surface area (Å²) in [5.41, 5.74) is 2.76. The summed E-state index contributed by atoms with van der Waals surface area (Å²) in [4.78, 5) is 24.6. The molecule has 1 aromatic heterocycles. The summed E-state index contributed by atoms with van der Waals surface area (Å²) in [5, 5.41) is 7.41. The maximum absolute atomic E-state index is 13.0. The highest BCUT2D eigenvalue weighted by molar-refractivity contribution is 5.97. The fraction of sp³-hybridized carbons (Fsp3) is 0.444. The van der Waals surface area contributed by atoms with Gasteiger partial charge in [0.2, 0.25) is 5.82 Å². The van der Waals surface area contributed by atoms with Crippen LogP contribution in [0.2, 0.25) is 0 Å². The number of rotatable bonds is 12. The summed E-state index contributed by atoms with van der Waals surface area (Å²) in [7, 11) is 1.63. The van der Waals surface area contributed by atoms with Crippen molar-refractivity contribution in [2.24, 2.45) is 0 Å². The number of benzene rings is 2. The van der Waals surface area contributed by atoms with Gasteiger partial charge in [-0.05, 0) is 75.6 Å². The summed E-state index contributed by atoms with van der Waals surface area (Å²) in [5.74, 6) is 1.33. The van der Waals surface area contributed by atoms with Crippen molar-refractivity contribution in [1.82, 2.24) is 20.2 Å². The number of ether oxygens (including phenoxy) is 1. The second-order valence-electron chi connectivity index (χ2n) is 8.62. The molecule has 1 amide bonds. The predicted molar refractivity (Wildman–Crippen MR) is 139 cm³/mol. The zero-order valence-electron chi connectivity index (χ0n) is 21.0. The molecule has 0 saturated heterocycles. The third kappa shape index (κ3) is 6.67. The fourth-order valence-corrected chi connectivity index (χ4v) is 4.02. The average molecular weight is 464 g/mol. The van der Waals surface area contributed by atoms with E-state index in [-0.39, 0.29) is 17.8 Å². The molecular weight excluding hydrogens is 426 g/mol. The lowest BCUT2D eigenvalue weighted by Crippen LogP contribution is -2.27. The number of amides is 1. The lowest BCUT2D eigenvalue weighted by atomic mass is 10.1. The summed E-state index contributed by atoms with van der Waals surface area (Å²) in [6.07, 6.45) is 2.12. The first kappa shape index (κ1) is 25.4. The van der Waals surface area contributed by atoms with Crippen LogP contribution in [-0.2, 0) is 6.54 Å². The van der Waals surface area contributed by atoms with Gasteiger partial charge < -0.3 is 20.3 Å². The van der Waals surface area contributed by atoms with Crippen LogP contribution in [-0.4, -0.2) is 53.6 Å². The number of fused-ring (bicyclic) bond motifs is 1. The Labute approximate surface area is 202 Å². The van der Waals surface area contributed by atoms with E-state index in [1.54, 1.807) is 7.11 Å². The maximum Gasteiger partial charge on any atom is 0.289 e. The molecule has 3 rings (SSSR count). The van der Waals surface area contributed by atoms with Crippen molar-refractivity contribution < 1.29 is 9.53 Å². The number of carbonyl (C=O) groups excluding carboxylic acids is 1. The Hall–Kier alpha value is -3.19. The van der Waals surface area contributed by atoms with E-state index in [0.717, 1.165) is 60.3 Å². The van der Waals surface area contributed by atoms with Crippen molar-refractivity contribution in [3.8, 4) is 5.75 Å². The van der Waals surface area contributed by atoms with Gasteiger partial charge >= 0.3 is 0 Å². The first-order valence-corrected chi connectivity index (χ1v) is 12.1. The van der Waals surface area contributed by atoms with Gasteiger partial charge in [-0.2, -0.15) is 0 Å². The molecule has 0 fully saturated rings. The van der Waals surface area contributed by atoms with E-state index in [0.29, 0.717) is 12.4 Å². The minimum atomic E-state index is -0.301. The van der Waals surface area contributed by atoms with Crippen molar-refractivity contribution in [2.45, 2.75) is 53.1 Å². The van der Waals surface area contributed by atoms with Gasteiger partial charge in [-0.15, -0.1) is 0 Å². The Morgan fingerprint density at radius 2 is 1.88 bits per heavy atom. The Morgan fingerprint density at radius 3 is 2.62 bits per heavy atom. The SMILES string of the molecule is CCN(CC)CCCC(C)Nc1nc(C(=O)NCc2cccc(OC)c2)nc2c(C)cccc12. The molecule has 0 bridgehead atoms. The Bertz CT molecular complexity index is 1100. The van der Waals surface area contributed by atoms with Crippen LogP contribution in [0.3, 0.4) is 0 Å². The first-order valence-electron chi connectivity index (χ1n) is 12.1. The van der Waals surface area contributed by atoms with Gasteiger partial charge in [-0.3, -0.25) is 4.79 Å². The first-order chi connectivity index (χ1) is 16.4. The average Bonchev–Trinajstić information content (AvgIpc) is 2.85. The number of nitrogens with one attached hydrogen (secondary N) is 2. The summed E-state index contributed by atoms with van der Waals surface area (Å²) in [6, 6.07) is 13.9. The van der Waals surface area contributed by atoms with E-state index in [4.69, 9.17) is 4.74 Å². The van der Waals surface area contributed by atoms with Gasteiger partial charge in [-0.25, -0.2) is 9.97 Å². The normalized spacial score (nSPS) is 12.1. The zero-order chi connectivity index (χ0) is 24.5. The predicted octanol–water partition coefficient (Wildman–Crippen LogP) is 4.80. The van der Waals surface area contributed by atoms with Crippen LogP contribution >= 0.6 is 0 Å². The second kappa shape index (κ2) is 12.3. The minimum absolute atomic E-state index is 0.169. The smallest absolute Gasteiger partial charge is 0.289 e. The van der Waals surface area contributed by atoms with Crippen LogP contribution in [0.15, 0.2) is 42.5 Å². The van der Waals surface area contributed by atoms with Crippen LogP contribution in [0.1, 0.15) is 55.4 Å². The molecule has 182 valence electrons. The van der Waals surface area contributed by atoms with Gasteiger partial charge in [0.25, 0.3) is 5.91 Å². The number of hydrogen-bond donors (Lipinski definition) is 2. The molecule has 0 saturated carbocycles. The number of nitrogens with zero attached hydrogens (tertiary/aromatic N) is 3. The van der Waals surface area contributed by atoms with Gasteiger partial charge in [0, 0.05) is 18.0 Å². The van der Waals surface area contributed by atoms with E-state index in [9.17, 15) is 4.79 Å². The lowest BCUT2D eigenvalue weighted by Gasteiger charge is -2.20. The Morgan fingerprint density at radius 1 is 1.12 bits per heavy atom. The molecule has 0 radical (unpaired) electrons. The molecular formula is C27H37N5O2. The quantitative estimate of drug-likeness (QED) is 0.402. The molecule has 1 unspecified atom stereocenters. The van der Waals surface area contributed by atoms with Crippen molar-refractivity contribution in [3.63, 3.8) is 0 Å². The zero-order valence-corrected chi connectivity index (χ0v) is 21.0. The van der Waals surface area contributed by atoms with Gasteiger partial charge in [0.15, 0.2) is 0 Å². The van der Waals surface area contributed by atoms with Crippen LogP contribution in [0.25, 0.3) is 10.9 Å². The summed E-state index contributed by atoms with van der Waals surface area (Å²) >= 11 is 0. The Balaban J connectivity index is 1.76. The van der Waals surface area contributed by atoms with Crippen molar-refractivity contribution in [1.29, 1.82) is 0 Å². The monoisotopic (exact) mass is 463 g/mol. The molecule has 7 nitrogen and oxygen atoms in total. The molecule has 0 aliphatic heterocycles. The lowest BCUT2D eigenvalue weighted by molar-refractivity contribution is 0.0941. The van der Waals surface area contributed by atoms with Crippen molar-refractivity contribution in [2.75, 3.05) is 32.1 Å². The van der Waals surface area contributed by atoms with Crippen molar-refractivity contribution in [3.05, 3.63) is 59.4 Å². The van der Waals surface area contributed by atoms with E-state index in [1.807, 2.05) is 49.4 Å². The molecule has 0 aliphatic rings. The number of para-hydroxylation sites is 1. The highest BCUT2D eigenvalue weighted by Crippen LogP contribution is 2.24. The molecule has 3 aromatic rings. The van der Waals surface area contributed by atoms with Crippen LogP contribution in [0.5, 0.6) is 5.75 Å². The molecule has 0 spiro atoms. The van der Waals surface area contributed by atoms with E-state index in [1.165, 1.54) is 0 Å². The van der Waals surface area contributed by atoms with E-state index < -0.39 is 0 Å². The molecule has 1 heterocycles. The van der Waals surface area contributed by atoms with Crippen molar-refractivity contribution >= 4 is 22.6 Å². The molecule has 2 N–H and O–H groups in total. The highest BCUT2D eigenvalue weighted by Gasteiger charge is 2.16. The number of carbonyl (C=O) groups is 1. The van der Waals surface area contributed by atoms with Gasteiger partial charge in [-0.1, -0.05) is 38.1 Å². The maximum atomic E-state index is 13.0. The largest absolute Gasteiger partial charge is 0.497 e. The van der Waals surface area contributed by atoms with Gasteiger partial charge in [0.05, 0.1) is 12.6 Å². The summed E-state index contributed by atoms with van der Waals surface area (Å²) in [6.45, 7) is 12.2. The topological polar surface area (TPSA) is 79.4 Å². The van der Waals surface area contributed by atoms with E-state index in [2.05, 4.69) is 46.3 Å². The number of aromatic nitrogens is 2. The molecule has 2 aromatic carbocycles. The van der Waals surface area contributed by atoms with E-state index >= 15 is 0 Å². The minimum Gasteiger partial charge on any atom is -0.497 e. The van der Waals surface area contributed by atoms with Crippen LogP contribution in [0, 0.1) is 6.92 Å². The third-order valence-corrected chi connectivity index (χ3v) is 6.11. The standard InChI is InChI=1S/C27H37N5O2/c1-6-32(7-2)16-10-12-20(4)29-25-23-15-8-11-19(3)24(23)30-26(31-25)27(33)28-18-21-13-9-14-22(17-21)34-5/h8-9,11,13-15,17,20H,6-7,10,12,16,18H2,1-5H3,(H,28,33)(H,29,30,31).